The van der Waals surface area contributed by atoms with Crippen molar-refractivity contribution in [2.24, 2.45) is 0 Å². The lowest BCUT2D eigenvalue weighted by atomic mass is 10.2. The molecule has 0 saturated carbocycles. The van der Waals surface area contributed by atoms with Gasteiger partial charge in [0.05, 0.1) is 11.6 Å². The molecule has 2 rings (SSSR count). The first-order valence-electron chi connectivity index (χ1n) is 7.55. The van der Waals surface area contributed by atoms with Crippen molar-refractivity contribution in [1.29, 1.82) is 5.26 Å². The van der Waals surface area contributed by atoms with Gasteiger partial charge in [0.15, 0.2) is 0 Å². The molecule has 1 unspecified atom stereocenters. The molecule has 0 radical (unpaired) electrons. The summed E-state index contributed by atoms with van der Waals surface area (Å²) in [5.74, 6) is 0.853. The van der Waals surface area contributed by atoms with E-state index in [0.717, 1.165) is 30.0 Å². The van der Waals surface area contributed by atoms with Crippen LogP contribution in [0.4, 0.5) is 10.6 Å². The normalized spacial score (nSPS) is 18.2. The van der Waals surface area contributed by atoms with E-state index in [1.165, 1.54) is 0 Å². The van der Waals surface area contributed by atoms with Gasteiger partial charge in [-0.2, -0.15) is 5.26 Å². The van der Waals surface area contributed by atoms with Gasteiger partial charge >= 0.3 is 6.09 Å². The van der Waals surface area contributed by atoms with Gasteiger partial charge < -0.3 is 19.9 Å². The monoisotopic (exact) mass is 304 g/mol. The Labute approximate surface area is 131 Å². The Morgan fingerprint density at radius 1 is 1.45 bits per heavy atom. The predicted molar refractivity (Wildman–Crippen MR) is 85.0 cm³/mol. The van der Waals surface area contributed by atoms with E-state index in [-0.39, 0.29) is 6.04 Å². The Morgan fingerprint density at radius 2 is 2.14 bits per heavy atom. The van der Waals surface area contributed by atoms with Crippen molar-refractivity contribution in [3.63, 3.8) is 0 Å². The summed E-state index contributed by atoms with van der Waals surface area (Å²) in [6, 6.07) is 2.30. The van der Waals surface area contributed by atoms with E-state index >= 15 is 0 Å². The number of carbonyl (C=O) groups is 1. The Balaban J connectivity index is 2.01. The molecule has 1 fully saturated rings. The highest BCUT2D eigenvalue weighted by Crippen LogP contribution is 2.27. The molecule has 22 heavy (non-hydrogen) atoms. The van der Waals surface area contributed by atoms with Crippen LogP contribution in [0.3, 0.4) is 0 Å². The lowest BCUT2D eigenvalue weighted by Crippen LogP contribution is -2.40. The molecule has 1 atom stereocenters. The van der Waals surface area contributed by atoms with Crippen LogP contribution in [0.25, 0.3) is 0 Å². The molecule has 120 valence electrons. The zero-order chi connectivity index (χ0) is 16.5. The molecule has 0 aromatic carbocycles. The van der Waals surface area contributed by atoms with Crippen molar-refractivity contribution < 1.29 is 9.53 Å². The standard InChI is InChI=1S/C16H24N4O2/c1-10-11(2)18-14(13(10)8-17)20-7-6-12(9-20)19-15(21)22-16(3,4)5/h12,18H,6-7,9H2,1-5H3,(H,19,21). The summed E-state index contributed by atoms with van der Waals surface area (Å²) in [5, 5.41) is 12.2. The highest BCUT2D eigenvalue weighted by molar-refractivity contribution is 5.68. The Bertz CT molecular complexity index is 607. The van der Waals surface area contributed by atoms with Crippen molar-refractivity contribution in [2.75, 3.05) is 18.0 Å². The summed E-state index contributed by atoms with van der Waals surface area (Å²) in [7, 11) is 0. The molecule has 0 spiro atoms. The van der Waals surface area contributed by atoms with Crippen molar-refractivity contribution in [1.82, 2.24) is 10.3 Å². The molecule has 1 saturated heterocycles. The van der Waals surface area contributed by atoms with Gasteiger partial charge in [0.25, 0.3) is 0 Å². The van der Waals surface area contributed by atoms with Crippen LogP contribution in [0, 0.1) is 25.2 Å². The number of ether oxygens (including phenoxy) is 1. The molecule has 0 aliphatic carbocycles. The summed E-state index contributed by atoms with van der Waals surface area (Å²) in [4.78, 5) is 17.2. The largest absolute Gasteiger partial charge is 0.444 e. The molecule has 1 aromatic rings. The van der Waals surface area contributed by atoms with E-state index < -0.39 is 11.7 Å². The first-order valence-corrected chi connectivity index (χ1v) is 7.55. The predicted octanol–water partition coefficient (Wildman–Crippen LogP) is 2.61. The minimum Gasteiger partial charge on any atom is -0.444 e. The van der Waals surface area contributed by atoms with Crippen LogP contribution in [0.5, 0.6) is 0 Å². The number of H-pyrrole nitrogens is 1. The summed E-state index contributed by atoms with van der Waals surface area (Å²) < 4.78 is 5.28. The second-order valence-electron chi connectivity index (χ2n) is 6.79. The fourth-order valence-corrected chi connectivity index (χ4v) is 2.63. The van der Waals surface area contributed by atoms with Crippen LogP contribution in [0.1, 0.15) is 44.0 Å². The molecule has 2 heterocycles. The van der Waals surface area contributed by atoms with Crippen LogP contribution in [-0.4, -0.2) is 35.8 Å². The van der Waals surface area contributed by atoms with Crippen molar-refractivity contribution >= 4 is 11.9 Å². The van der Waals surface area contributed by atoms with E-state index in [1.54, 1.807) is 0 Å². The number of rotatable bonds is 2. The lowest BCUT2D eigenvalue weighted by Gasteiger charge is -2.22. The third-order valence-corrected chi connectivity index (χ3v) is 3.82. The first-order chi connectivity index (χ1) is 10.2. The van der Waals surface area contributed by atoms with Crippen LogP contribution >= 0.6 is 0 Å². The topological polar surface area (TPSA) is 81.2 Å². The van der Waals surface area contributed by atoms with Gasteiger partial charge in [-0.3, -0.25) is 0 Å². The molecule has 6 nitrogen and oxygen atoms in total. The van der Waals surface area contributed by atoms with Gasteiger partial charge in [0.1, 0.15) is 17.5 Å². The molecular formula is C16H24N4O2. The minimum atomic E-state index is -0.496. The average Bonchev–Trinajstić information content (AvgIpc) is 2.93. The van der Waals surface area contributed by atoms with Gasteiger partial charge in [-0.1, -0.05) is 0 Å². The number of aromatic amines is 1. The van der Waals surface area contributed by atoms with Crippen LogP contribution in [0.2, 0.25) is 0 Å². The lowest BCUT2D eigenvalue weighted by molar-refractivity contribution is 0.0509. The highest BCUT2D eigenvalue weighted by Gasteiger charge is 2.28. The number of hydrogen-bond donors (Lipinski definition) is 2. The number of aryl methyl sites for hydroxylation is 1. The zero-order valence-corrected chi connectivity index (χ0v) is 13.9. The maximum absolute atomic E-state index is 11.8. The van der Waals surface area contributed by atoms with Crippen molar-refractivity contribution in [2.45, 2.75) is 52.7 Å². The smallest absolute Gasteiger partial charge is 0.407 e. The molecule has 1 aliphatic rings. The van der Waals surface area contributed by atoms with Crippen LogP contribution in [0.15, 0.2) is 0 Å². The van der Waals surface area contributed by atoms with Crippen molar-refractivity contribution in [3.05, 3.63) is 16.8 Å². The Kier molecular flexibility index (Phi) is 4.36. The number of anilines is 1. The van der Waals surface area contributed by atoms with E-state index in [2.05, 4.69) is 21.3 Å². The number of amides is 1. The number of nitriles is 1. The van der Waals surface area contributed by atoms with Gasteiger partial charge in [-0.05, 0) is 46.6 Å². The minimum absolute atomic E-state index is 0.0327. The fourth-order valence-electron chi connectivity index (χ4n) is 2.63. The summed E-state index contributed by atoms with van der Waals surface area (Å²) in [5.41, 5.74) is 2.19. The molecule has 1 aromatic heterocycles. The highest BCUT2D eigenvalue weighted by atomic mass is 16.6. The number of alkyl carbamates (subject to hydrolysis) is 1. The van der Waals surface area contributed by atoms with Crippen LogP contribution < -0.4 is 10.2 Å². The third kappa shape index (κ3) is 3.53. The quantitative estimate of drug-likeness (QED) is 0.880. The number of carbonyl (C=O) groups excluding carboxylic acids is 1. The van der Waals surface area contributed by atoms with Gasteiger partial charge in [-0.15, -0.1) is 0 Å². The number of nitrogens with one attached hydrogen (secondary N) is 2. The number of nitrogens with zero attached hydrogens (tertiary/aromatic N) is 2. The summed E-state index contributed by atoms with van der Waals surface area (Å²) in [6.07, 6.45) is 0.444. The molecule has 1 aliphatic heterocycles. The van der Waals surface area contributed by atoms with Gasteiger partial charge in [0, 0.05) is 18.8 Å². The molecule has 2 N–H and O–H groups in total. The van der Waals surface area contributed by atoms with E-state index in [9.17, 15) is 10.1 Å². The molecule has 6 heteroatoms. The summed E-state index contributed by atoms with van der Waals surface area (Å²) >= 11 is 0. The maximum atomic E-state index is 11.8. The Hall–Kier alpha value is -2.16. The average molecular weight is 304 g/mol. The van der Waals surface area contributed by atoms with E-state index in [1.807, 2.05) is 34.6 Å². The fraction of sp³-hybridized carbons (Fsp3) is 0.625. The van der Waals surface area contributed by atoms with E-state index in [4.69, 9.17) is 4.74 Å². The van der Waals surface area contributed by atoms with Crippen molar-refractivity contribution in [3.8, 4) is 6.07 Å². The molecule has 0 bridgehead atoms. The number of aromatic nitrogens is 1. The van der Waals surface area contributed by atoms with E-state index in [0.29, 0.717) is 12.1 Å². The zero-order valence-electron chi connectivity index (χ0n) is 13.9. The number of hydrogen-bond acceptors (Lipinski definition) is 4. The van der Waals surface area contributed by atoms with Gasteiger partial charge in [-0.25, -0.2) is 4.79 Å². The Morgan fingerprint density at radius 3 is 2.73 bits per heavy atom. The molecular weight excluding hydrogens is 280 g/mol. The second-order valence-corrected chi connectivity index (χ2v) is 6.79. The SMILES string of the molecule is Cc1[nH]c(N2CCC(NC(=O)OC(C)(C)C)C2)c(C#N)c1C. The molecule has 1 amide bonds. The second kappa shape index (κ2) is 5.91. The van der Waals surface area contributed by atoms with Gasteiger partial charge in [0.2, 0.25) is 0 Å². The first kappa shape index (κ1) is 16.2. The van der Waals surface area contributed by atoms with Crippen LogP contribution in [-0.2, 0) is 4.74 Å². The summed E-state index contributed by atoms with van der Waals surface area (Å²) in [6.45, 7) is 10.9. The third-order valence-electron chi connectivity index (χ3n) is 3.82. The maximum Gasteiger partial charge on any atom is 0.407 e.